The first kappa shape index (κ1) is 17.3. The van der Waals surface area contributed by atoms with Crippen molar-refractivity contribution in [3.05, 3.63) is 51.8 Å². The first-order valence-corrected chi connectivity index (χ1v) is 10.4. The van der Waals surface area contributed by atoms with Crippen LogP contribution in [0.3, 0.4) is 0 Å². The van der Waals surface area contributed by atoms with Gasteiger partial charge in [-0.05, 0) is 57.2 Å². The lowest BCUT2D eigenvalue weighted by Crippen LogP contribution is -2.14. The maximum Gasteiger partial charge on any atom is 0.226 e. The van der Waals surface area contributed by atoms with Gasteiger partial charge in [0.25, 0.3) is 0 Å². The van der Waals surface area contributed by atoms with Crippen molar-refractivity contribution in [3.8, 4) is 0 Å². The maximum atomic E-state index is 12.5. The summed E-state index contributed by atoms with van der Waals surface area (Å²) in [5.41, 5.74) is 6.04. The molecule has 1 aliphatic carbocycles. The molecule has 0 bridgehead atoms. The van der Waals surface area contributed by atoms with Crippen LogP contribution in [0, 0.1) is 13.8 Å². The highest BCUT2D eigenvalue weighted by molar-refractivity contribution is 7.15. The van der Waals surface area contributed by atoms with E-state index in [-0.39, 0.29) is 5.91 Å². The molecule has 4 aromatic rings. The number of nitrogens with zero attached hydrogens (tertiary/aromatic N) is 4. The number of carbonyl (C=O) groups excluding carboxylic acids is 1. The van der Waals surface area contributed by atoms with Crippen molar-refractivity contribution >= 4 is 38.9 Å². The van der Waals surface area contributed by atoms with E-state index in [4.69, 9.17) is 4.98 Å². The summed E-state index contributed by atoms with van der Waals surface area (Å²) in [6, 6.07) is 8.03. The summed E-state index contributed by atoms with van der Waals surface area (Å²) in [4.78, 5) is 23.1. The van der Waals surface area contributed by atoms with Crippen molar-refractivity contribution in [1.29, 1.82) is 0 Å². The number of amides is 1. The number of fused-ring (bicyclic) bond motifs is 4. The van der Waals surface area contributed by atoms with Gasteiger partial charge in [-0.25, -0.2) is 14.5 Å². The van der Waals surface area contributed by atoms with Gasteiger partial charge in [0.05, 0.1) is 11.2 Å². The summed E-state index contributed by atoms with van der Waals surface area (Å²) in [5.74, 6) is -0.00283. The van der Waals surface area contributed by atoms with Gasteiger partial charge in [-0.3, -0.25) is 4.79 Å². The second-order valence-electron chi connectivity index (χ2n) is 7.30. The van der Waals surface area contributed by atoms with Gasteiger partial charge in [-0.2, -0.15) is 5.10 Å². The van der Waals surface area contributed by atoms with E-state index in [0.29, 0.717) is 12.8 Å². The second-order valence-corrected chi connectivity index (χ2v) is 8.39. The first-order chi connectivity index (χ1) is 13.6. The Morgan fingerprint density at radius 1 is 1.21 bits per heavy atom. The first-order valence-electron chi connectivity index (χ1n) is 9.62. The Morgan fingerprint density at radius 3 is 2.93 bits per heavy atom. The Hall–Kier alpha value is -2.80. The number of hydrogen-bond donors (Lipinski definition) is 1. The van der Waals surface area contributed by atoms with Gasteiger partial charge in [-0.15, -0.1) is 11.3 Å². The monoisotopic (exact) mass is 391 g/mol. The minimum atomic E-state index is -0.00283. The molecule has 28 heavy (non-hydrogen) atoms. The van der Waals surface area contributed by atoms with Crippen molar-refractivity contribution in [2.24, 2.45) is 0 Å². The molecule has 142 valence electrons. The molecule has 0 radical (unpaired) electrons. The lowest BCUT2D eigenvalue weighted by atomic mass is 10.1. The van der Waals surface area contributed by atoms with E-state index < -0.39 is 0 Å². The van der Waals surface area contributed by atoms with E-state index in [2.05, 4.69) is 15.4 Å². The van der Waals surface area contributed by atoms with Crippen LogP contribution in [0.15, 0.2) is 24.3 Å². The van der Waals surface area contributed by atoms with Gasteiger partial charge in [0.1, 0.15) is 0 Å². The number of aromatic nitrogens is 4. The minimum Gasteiger partial charge on any atom is -0.302 e. The van der Waals surface area contributed by atoms with Crippen LogP contribution in [-0.4, -0.2) is 25.5 Å². The van der Waals surface area contributed by atoms with Crippen molar-refractivity contribution in [1.82, 2.24) is 19.6 Å². The molecule has 0 atom stereocenters. The fraction of sp³-hybridized carbons (Fsp3) is 0.333. The molecule has 3 heterocycles. The molecule has 1 N–H and O–H groups in total. The van der Waals surface area contributed by atoms with Crippen molar-refractivity contribution in [2.75, 3.05) is 5.32 Å². The zero-order chi connectivity index (χ0) is 19.3. The van der Waals surface area contributed by atoms with Crippen molar-refractivity contribution < 1.29 is 4.79 Å². The van der Waals surface area contributed by atoms with E-state index in [1.165, 1.54) is 11.3 Å². The van der Waals surface area contributed by atoms with Crippen LogP contribution in [0.2, 0.25) is 0 Å². The Kier molecular flexibility index (Phi) is 4.12. The Bertz CT molecular complexity index is 1200. The lowest BCUT2D eigenvalue weighted by Gasteiger charge is -2.11. The van der Waals surface area contributed by atoms with Crippen LogP contribution in [0.1, 0.15) is 40.4 Å². The van der Waals surface area contributed by atoms with Crippen LogP contribution in [0.4, 0.5) is 5.13 Å². The maximum absolute atomic E-state index is 12.5. The molecule has 0 unspecified atom stereocenters. The third-order valence-corrected chi connectivity index (χ3v) is 6.54. The number of carbonyl (C=O) groups is 1. The fourth-order valence-electron chi connectivity index (χ4n) is 4.00. The number of aryl methyl sites for hydroxylation is 4. The SMILES string of the molecule is Cc1nc2c3ccccc3nn2c(C)c1CCC(=O)Nc1nc2c(s1)CCC2. The average molecular weight is 392 g/mol. The molecule has 0 saturated carbocycles. The summed E-state index contributed by atoms with van der Waals surface area (Å²) in [6.07, 6.45) is 4.33. The molecule has 0 spiro atoms. The molecule has 1 aliphatic rings. The van der Waals surface area contributed by atoms with Crippen LogP contribution in [0.25, 0.3) is 16.6 Å². The number of rotatable bonds is 4. The van der Waals surface area contributed by atoms with Gasteiger partial charge >= 0.3 is 0 Å². The molecule has 5 rings (SSSR count). The highest BCUT2D eigenvalue weighted by Crippen LogP contribution is 2.30. The Labute approximate surface area is 166 Å². The molecular weight excluding hydrogens is 370 g/mol. The summed E-state index contributed by atoms with van der Waals surface area (Å²) in [5, 5.41) is 9.43. The van der Waals surface area contributed by atoms with Gasteiger partial charge < -0.3 is 5.32 Å². The molecular formula is C21H21N5OS. The highest BCUT2D eigenvalue weighted by atomic mass is 32.1. The largest absolute Gasteiger partial charge is 0.302 e. The van der Waals surface area contributed by atoms with Gasteiger partial charge in [-0.1, -0.05) is 12.1 Å². The lowest BCUT2D eigenvalue weighted by molar-refractivity contribution is -0.116. The normalized spacial score (nSPS) is 13.4. The third kappa shape index (κ3) is 2.86. The zero-order valence-electron chi connectivity index (χ0n) is 16.0. The molecule has 7 heteroatoms. The summed E-state index contributed by atoms with van der Waals surface area (Å²) >= 11 is 1.61. The minimum absolute atomic E-state index is 0.00283. The molecule has 1 amide bonds. The standard InChI is InChI=1S/C21H21N5OS/c1-12-14(10-11-19(27)24-21-23-17-8-5-9-18(17)28-21)13(2)26-20(22-12)15-6-3-4-7-16(15)25-26/h3-4,6-7H,5,8-11H2,1-2H3,(H,23,24,27). The van der Waals surface area contributed by atoms with Crippen LogP contribution in [0.5, 0.6) is 0 Å². The van der Waals surface area contributed by atoms with Crippen molar-refractivity contribution in [3.63, 3.8) is 0 Å². The molecule has 1 aromatic carbocycles. The predicted octanol–water partition coefficient (Wildman–Crippen LogP) is 4.02. The fourth-order valence-corrected chi connectivity index (χ4v) is 5.07. The quantitative estimate of drug-likeness (QED) is 0.570. The zero-order valence-corrected chi connectivity index (χ0v) is 16.8. The Morgan fingerprint density at radius 2 is 2.07 bits per heavy atom. The van der Waals surface area contributed by atoms with Gasteiger partial charge in [0.2, 0.25) is 5.91 Å². The Balaban J connectivity index is 1.37. The van der Waals surface area contributed by atoms with E-state index in [0.717, 1.165) is 57.2 Å². The van der Waals surface area contributed by atoms with Gasteiger partial charge in [0, 0.05) is 28.1 Å². The van der Waals surface area contributed by atoms with Crippen LogP contribution in [-0.2, 0) is 24.1 Å². The molecule has 0 aliphatic heterocycles. The van der Waals surface area contributed by atoms with Crippen molar-refractivity contribution in [2.45, 2.75) is 46.0 Å². The van der Waals surface area contributed by atoms with Crippen LogP contribution < -0.4 is 5.32 Å². The summed E-state index contributed by atoms with van der Waals surface area (Å²) < 4.78 is 1.90. The second kappa shape index (κ2) is 6.67. The molecule has 0 fully saturated rings. The number of nitrogens with one attached hydrogen (secondary N) is 1. The summed E-state index contributed by atoms with van der Waals surface area (Å²) in [6.45, 7) is 4.06. The van der Waals surface area contributed by atoms with E-state index in [1.807, 2.05) is 42.6 Å². The molecule has 0 saturated heterocycles. The van der Waals surface area contributed by atoms with E-state index in [9.17, 15) is 4.79 Å². The molecule has 6 nitrogen and oxygen atoms in total. The predicted molar refractivity (Wildman–Crippen MR) is 111 cm³/mol. The third-order valence-electron chi connectivity index (χ3n) is 5.46. The van der Waals surface area contributed by atoms with Crippen LogP contribution >= 0.6 is 11.3 Å². The number of thiazole rings is 1. The topological polar surface area (TPSA) is 72.2 Å². The smallest absolute Gasteiger partial charge is 0.226 e. The number of anilines is 1. The molecule has 3 aromatic heterocycles. The summed E-state index contributed by atoms with van der Waals surface area (Å²) in [7, 11) is 0. The average Bonchev–Trinajstić information content (AvgIpc) is 3.35. The van der Waals surface area contributed by atoms with E-state index >= 15 is 0 Å². The van der Waals surface area contributed by atoms with E-state index in [1.54, 1.807) is 11.3 Å². The number of hydrogen-bond acceptors (Lipinski definition) is 5. The van der Waals surface area contributed by atoms with Gasteiger partial charge in [0.15, 0.2) is 10.8 Å². The number of benzene rings is 1. The highest BCUT2D eigenvalue weighted by Gasteiger charge is 2.19.